The van der Waals surface area contributed by atoms with Gasteiger partial charge in [0.15, 0.2) is 5.65 Å². The van der Waals surface area contributed by atoms with E-state index in [1.165, 1.54) is 0 Å². The zero-order valence-corrected chi connectivity index (χ0v) is 10.2. The van der Waals surface area contributed by atoms with E-state index >= 15 is 0 Å². The highest BCUT2D eigenvalue weighted by molar-refractivity contribution is 5.80. The second kappa shape index (κ2) is 3.84. The van der Waals surface area contributed by atoms with Crippen molar-refractivity contribution in [2.45, 2.75) is 13.8 Å². The van der Waals surface area contributed by atoms with Gasteiger partial charge >= 0.3 is 0 Å². The number of phenols is 1. The monoisotopic (exact) mass is 239 g/mol. The van der Waals surface area contributed by atoms with Gasteiger partial charge in [0, 0.05) is 6.20 Å². The molecule has 0 radical (unpaired) electrons. The van der Waals surface area contributed by atoms with Crippen molar-refractivity contribution in [3.8, 4) is 17.1 Å². The molecule has 0 aliphatic carbocycles. The summed E-state index contributed by atoms with van der Waals surface area (Å²) in [5, 5.41) is 9.96. The molecule has 2 heterocycles. The van der Waals surface area contributed by atoms with Crippen LogP contribution < -0.4 is 0 Å². The van der Waals surface area contributed by atoms with Gasteiger partial charge in [-0.15, -0.1) is 0 Å². The SMILES string of the molecule is Cc1ccc(-c2nc3nccc(C)c3[nH]2)c(O)c1. The van der Waals surface area contributed by atoms with Crippen molar-refractivity contribution in [3.05, 3.63) is 41.6 Å². The highest BCUT2D eigenvalue weighted by Crippen LogP contribution is 2.29. The fourth-order valence-electron chi connectivity index (χ4n) is 2.00. The Morgan fingerprint density at radius 1 is 1.17 bits per heavy atom. The molecular weight excluding hydrogens is 226 g/mol. The standard InChI is InChI=1S/C14H13N3O/c1-8-3-4-10(11(18)7-8)13-16-12-9(2)5-6-15-14(12)17-13/h3-7,18H,1-2H3,(H,15,16,17). The van der Waals surface area contributed by atoms with Crippen molar-refractivity contribution < 1.29 is 5.11 Å². The van der Waals surface area contributed by atoms with Gasteiger partial charge in [0.1, 0.15) is 11.6 Å². The largest absolute Gasteiger partial charge is 0.507 e. The maximum atomic E-state index is 9.96. The first-order valence-electron chi connectivity index (χ1n) is 5.76. The van der Waals surface area contributed by atoms with Crippen LogP contribution in [0.4, 0.5) is 0 Å². The second-order valence-corrected chi connectivity index (χ2v) is 4.43. The van der Waals surface area contributed by atoms with Crippen molar-refractivity contribution in [3.63, 3.8) is 0 Å². The molecule has 0 aliphatic heterocycles. The Morgan fingerprint density at radius 2 is 2.00 bits per heavy atom. The lowest BCUT2D eigenvalue weighted by Gasteiger charge is -2.01. The number of phenolic OH excluding ortho intramolecular Hbond substituents is 1. The van der Waals surface area contributed by atoms with Crippen LogP contribution in [0.1, 0.15) is 11.1 Å². The van der Waals surface area contributed by atoms with E-state index in [2.05, 4.69) is 15.0 Å². The molecule has 0 atom stereocenters. The first-order valence-corrected chi connectivity index (χ1v) is 5.76. The lowest BCUT2D eigenvalue weighted by molar-refractivity contribution is 0.476. The smallest absolute Gasteiger partial charge is 0.178 e. The van der Waals surface area contributed by atoms with Crippen LogP contribution >= 0.6 is 0 Å². The Balaban J connectivity index is 2.23. The van der Waals surface area contributed by atoms with Gasteiger partial charge in [-0.05, 0) is 43.2 Å². The molecule has 0 spiro atoms. The minimum Gasteiger partial charge on any atom is -0.507 e. The van der Waals surface area contributed by atoms with Crippen LogP contribution in [-0.4, -0.2) is 20.1 Å². The molecule has 2 aromatic heterocycles. The number of rotatable bonds is 1. The Bertz CT molecular complexity index is 731. The summed E-state index contributed by atoms with van der Waals surface area (Å²) >= 11 is 0. The van der Waals surface area contributed by atoms with Gasteiger partial charge in [-0.3, -0.25) is 0 Å². The molecule has 0 fully saturated rings. The molecule has 3 aromatic rings. The van der Waals surface area contributed by atoms with E-state index in [9.17, 15) is 5.11 Å². The van der Waals surface area contributed by atoms with Crippen LogP contribution in [-0.2, 0) is 0 Å². The molecule has 0 amide bonds. The van der Waals surface area contributed by atoms with E-state index in [0.717, 1.165) is 16.6 Å². The van der Waals surface area contributed by atoms with Crippen molar-refractivity contribution in [1.82, 2.24) is 15.0 Å². The van der Waals surface area contributed by atoms with Crippen molar-refractivity contribution in [2.24, 2.45) is 0 Å². The van der Waals surface area contributed by atoms with Gasteiger partial charge in [0.25, 0.3) is 0 Å². The number of nitrogens with one attached hydrogen (secondary N) is 1. The summed E-state index contributed by atoms with van der Waals surface area (Å²) < 4.78 is 0. The molecule has 18 heavy (non-hydrogen) atoms. The number of imidazole rings is 1. The molecule has 0 aliphatic rings. The van der Waals surface area contributed by atoms with E-state index in [1.807, 2.05) is 32.0 Å². The molecule has 0 saturated heterocycles. The quantitative estimate of drug-likeness (QED) is 0.686. The molecule has 2 N–H and O–H groups in total. The molecule has 0 unspecified atom stereocenters. The third-order valence-corrected chi connectivity index (χ3v) is 3.01. The lowest BCUT2D eigenvalue weighted by Crippen LogP contribution is -1.82. The summed E-state index contributed by atoms with van der Waals surface area (Å²) in [4.78, 5) is 11.8. The fraction of sp³-hybridized carbons (Fsp3) is 0.143. The maximum absolute atomic E-state index is 9.96. The second-order valence-electron chi connectivity index (χ2n) is 4.43. The van der Waals surface area contributed by atoms with Gasteiger partial charge in [-0.1, -0.05) is 6.07 Å². The zero-order valence-electron chi connectivity index (χ0n) is 10.2. The van der Waals surface area contributed by atoms with Crippen LogP contribution in [0.15, 0.2) is 30.5 Å². The number of nitrogens with zero attached hydrogens (tertiary/aromatic N) is 2. The Labute approximate surface area is 104 Å². The molecule has 0 bridgehead atoms. The predicted molar refractivity (Wildman–Crippen MR) is 70.5 cm³/mol. The minimum absolute atomic E-state index is 0.228. The van der Waals surface area contributed by atoms with Crippen molar-refractivity contribution in [2.75, 3.05) is 0 Å². The number of aromatic nitrogens is 3. The van der Waals surface area contributed by atoms with Crippen LogP contribution in [0.5, 0.6) is 5.75 Å². The Morgan fingerprint density at radius 3 is 2.72 bits per heavy atom. The molecule has 0 saturated carbocycles. The number of pyridine rings is 1. The Kier molecular flexibility index (Phi) is 2.30. The van der Waals surface area contributed by atoms with Gasteiger partial charge < -0.3 is 10.1 Å². The van der Waals surface area contributed by atoms with E-state index in [4.69, 9.17) is 0 Å². The van der Waals surface area contributed by atoms with E-state index in [0.29, 0.717) is 17.0 Å². The van der Waals surface area contributed by atoms with Crippen molar-refractivity contribution in [1.29, 1.82) is 0 Å². The van der Waals surface area contributed by atoms with Gasteiger partial charge in [0.05, 0.1) is 11.1 Å². The molecular formula is C14H13N3O. The topological polar surface area (TPSA) is 61.8 Å². The maximum Gasteiger partial charge on any atom is 0.178 e. The molecule has 1 aromatic carbocycles. The average Bonchev–Trinajstić information content (AvgIpc) is 2.74. The van der Waals surface area contributed by atoms with Gasteiger partial charge in [0.2, 0.25) is 0 Å². The molecule has 3 rings (SSSR count). The van der Waals surface area contributed by atoms with Crippen LogP contribution in [0.25, 0.3) is 22.6 Å². The number of benzene rings is 1. The third kappa shape index (κ3) is 1.62. The van der Waals surface area contributed by atoms with E-state index in [-0.39, 0.29) is 5.75 Å². The van der Waals surface area contributed by atoms with Crippen molar-refractivity contribution >= 4 is 11.2 Å². The molecule has 4 heteroatoms. The normalized spacial score (nSPS) is 11.0. The van der Waals surface area contributed by atoms with Crippen LogP contribution in [0.2, 0.25) is 0 Å². The fourth-order valence-corrected chi connectivity index (χ4v) is 2.00. The first kappa shape index (κ1) is 10.8. The van der Waals surface area contributed by atoms with Crippen LogP contribution in [0.3, 0.4) is 0 Å². The average molecular weight is 239 g/mol. The molecule has 90 valence electrons. The summed E-state index contributed by atoms with van der Waals surface area (Å²) in [7, 11) is 0. The number of aromatic hydroxyl groups is 1. The van der Waals surface area contributed by atoms with E-state index < -0.39 is 0 Å². The minimum atomic E-state index is 0.228. The number of aromatic amines is 1. The summed E-state index contributed by atoms with van der Waals surface area (Å²) in [6.07, 6.45) is 1.73. The summed E-state index contributed by atoms with van der Waals surface area (Å²) in [5.41, 5.74) is 4.38. The highest BCUT2D eigenvalue weighted by Gasteiger charge is 2.11. The Hall–Kier alpha value is -2.36. The number of fused-ring (bicyclic) bond motifs is 1. The number of hydrogen-bond acceptors (Lipinski definition) is 3. The van der Waals surface area contributed by atoms with Crippen LogP contribution in [0, 0.1) is 13.8 Å². The van der Waals surface area contributed by atoms with Gasteiger partial charge in [-0.25, -0.2) is 9.97 Å². The highest BCUT2D eigenvalue weighted by atomic mass is 16.3. The zero-order chi connectivity index (χ0) is 12.7. The molecule has 4 nitrogen and oxygen atoms in total. The predicted octanol–water partition coefficient (Wildman–Crippen LogP) is 2.95. The summed E-state index contributed by atoms with van der Waals surface area (Å²) in [6, 6.07) is 7.46. The van der Waals surface area contributed by atoms with E-state index in [1.54, 1.807) is 12.3 Å². The third-order valence-electron chi connectivity index (χ3n) is 3.01. The summed E-state index contributed by atoms with van der Waals surface area (Å²) in [5.74, 6) is 0.871. The number of H-pyrrole nitrogens is 1. The summed E-state index contributed by atoms with van der Waals surface area (Å²) in [6.45, 7) is 3.94. The lowest BCUT2D eigenvalue weighted by atomic mass is 10.1. The van der Waals surface area contributed by atoms with Gasteiger partial charge in [-0.2, -0.15) is 0 Å². The number of hydrogen-bond donors (Lipinski definition) is 2. The number of aryl methyl sites for hydroxylation is 2. The first-order chi connectivity index (χ1) is 8.65.